The molecule has 3 rings (SSSR count). The van der Waals surface area contributed by atoms with Crippen molar-refractivity contribution in [3.8, 4) is 0 Å². The normalized spacial score (nSPS) is 23.6. The van der Waals surface area contributed by atoms with Crippen molar-refractivity contribution in [2.75, 3.05) is 26.3 Å². The van der Waals surface area contributed by atoms with Gasteiger partial charge in [0.2, 0.25) is 15.9 Å². The Morgan fingerprint density at radius 3 is 2.54 bits per heavy atom. The predicted molar refractivity (Wildman–Crippen MR) is 95.3 cm³/mol. The molecule has 26 heavy (non-hydrogen) atoms. The van der Waals surface area contributed by atoms with Gasteiger partial charge in [0.05, 0.1) is 10.7 Å². The van der Waals surface area contributed by atoms with Crippen LogP contribution in [0, 0.1) is 11.2 Å². The number of sulfonamides is 1. The number of primary sulfonamides is 1. The molecule has 1 atom stereocenters. The quantitative estimate of drug-likeness (QED) is 0.851. The first-order chi connectivity index (χ1) is 12.3. The van der Waals surface area contributed by atoms with Crippen molar-refractivity contribution in [2.24, 2.45) is 10.6 Å². The molecule has 2 N–H and O–H groups in total. The summed E-state index contributed by atoms with van der Waals surface area (Å²) in [5.74, 6) is -0.355. The predicted octanol–water partition coefficient (Wildman–Crippen LogP) is 1.44. The number of rotatable bonds is 4. The minimum absolute atomic E-state index is 0.0431. The lowest BCUT2D eigenvalue weighted by molar-refractivity contribution is -0.148. The van der Waals surface area contributed by atoms with Gasteiger partial charge in [0.15, 0.2) is 0 Å². The summed E-state index contributed by atoms with van der Waals surface area (Å²) in [7, 11) is -3.67. The second-order valence-electron chi connectivity index (χ2n) is 7.30. The molecule has 0 bridgehead atoms. The number of carbonyl (C=O) groups is 1. The SMILES string of the molecule is NS(=O)(=O)C1CCCN(C(=O)C2(Cc3ccc(F)cc3)CCOCC2)C1. The number of likely N-dealkylation sites (tertiary alicyclic amines) is 1. The van der Waals surface area contributed by atoms with Crippen LogP contribution < -0.4 is 5.14 Å². The van der Waals surface area contributed by atoms with Crippen LogP contribution in [0.3, 0.4) is 0 Å². The summed E-state index contributed by atoms with van der Waals surface area (Å²) in [6.07, 6.45) is 2.73. The first-order valence-corrected chi connectivity index (χ1v) is 10.5. The molecule has 8 heteroatoms. The van der Waals surface area contributed by atoms with Crippen molar-refractivity contribution in [3.05, 3.63) is 35.6 Å². The van der Waals surface area contributed by atoms with E-state index < -0.39 is 20.7 Å². The minimum atomic E-state index is -3.67. The van der Waals surface area contributed by atoms with E-state index in [1.807, 2.05) is 0 Å². The molecule has 0 spiro atoms. The van der Waals surface area contributed by atoms with Gasteiger partial charge in [-0.2, -0.15) is 0 Å². The number of ether oxygens (including phenoxy) is 1. The van der Waals surface area contributed by atoms with Crippen LogP contribution in [-0.2, 0) is 26.0 Å². The molecule has 144 valence electrons. The first kappa shape index (κ1) is 19.3. The molecular weight excluding hydrogens is 359 g/mol. The number of piperidine rings is 1. The van der Waals surface area contributed by atoms with E-state index in [4.69, 9.17) is 9.88 Å². The smallest absolute Gasteiger partial charge is 0.229 e. The highest BCUT2D eigenvalue weighted by molar-refractivity contribution is 7.89. The lowest BCUT2D eigenvalue weighted by atomic mass is 9.73. The van der Waals surface area contributed by atoms with Crippen LogP contribution in [-0.4, -0.2) is 50.8 Å². The van der Waals surface area contributed by atoms with Crippen molar-refractivity contribution < 1.29 is 22.3 Å². The monoisotopic (exact) mass is 384 g/mol. The Labute approximate surface area is 153 Å². The number of nitrogens with zero attached hydrogens (tertiary/aromatic N) is 1. The summed E-state index contributed by atoms with van der Waals surface area (Å²) in [5.41, 5.74) is 0.248. The van der Waals surface area contributed by atoms with Crippen LogP contribution in [0.4, 0.5) is 4.39 Å². The van der Waals surface area contributed by atoms with Gasteiger partial charge in [0.1, 0.15) is 5.82 Å². The lowest BCUT2D eigenvalue weighted by Crippen LogP contribution is -2.54. The molecule has 1 aromatic carbocycles. The molecule has 1 amide bonds. The summed E-state index contributed by atoms with van der Waals surface area (Å²) in [6, 6.07) is 6.18. The summed E-state index contributed by atoms with van der Waals surface area (Å²) in [4.78, 5) is 15.0. The zero-order valence-corrected chi connectivity index (χ0v) is 15.5. The van der Waals surface area contributed by atoms with Gasteiger partial charge in [-0.15, -0.1) is 0 Å². The average Bonchev–Trinajstić information content (AvgIpc) is 2.63. The molecule has 0 saturated carbocycles. The Bertz CT molecular complexity index is 745. The van der Waals surface area contributed by atoms with Crippen LogP contribution >= 0.6 is 0 Å². The molecule has 0 aromatic heterocycles. The van der Waals surface area contributed by atoms with Crippen molar-refractivity contribution in [3.63, 3.8) is 0 Å². The van der Waals surface area contributed by atoms with Crippen molar-refractivity contribution in [2.45, 2.75) is 37.4 Å². The van der Waals surface area contributed by atoms with E-state index in [2.05, 4.69) is 0 Å². The lowest BCUT2D eigenvalue weighted by Gasteiger charge is -2.42. The number of nitrogens with two attached hydrogens (primary N) is 1. The zero-order valence-electron chi connectivity index (χ0n) is 14.7. The third-order valence-electron chi connectivity index (χ3n) is 5.49. The minimum Gasteiger partial charge on any atom is -0.381 e. The highest BCUT2D eigenvalue weighted by Crippen LogP contribution is 2.37. The molecule has 1 aromatic rings. The molecular formula is C18H25FN2O4S. The van der Waals surface area contributed by atoms with Crippen LogP contribution in [0.5, 0.6) is 0 Å². The molecule has 6 nitrogen and oxygen atoms in total. The fourth-order valence-corrected chi connectivity index (χ4v) is 4.83. The number of hydrogen-bond acceptors (Lipinski definition) is 4. The standard InChI is InChI=1S/C18H25FN2O4S/c19-15-5-3-14(4-6-15)12-18(7-10-25-11-8-18)17(22)21-9-1-2-16(13-21)26(20,23)24/h3-6,16H,1-2,7-13H2,(H2,20,23,24). The number of benzene rings is 1. The van der Waals surface area contributed by atoms with E-state index in [1.165, 1.54) is 12.1 Å². The van der Waals surface area contributed by atoms with E-state index in [9.17, 15) is 17.6 Å². The van der Waals surface area contributed by atoms with E-state index in [1.54, 1.807) is 17.0 Å². The summed E-state index contributed by atoms with van der Waals surface area (Å²) >= 11 is 0. The Balaban J connectivity index is 1.82. The highest BCUT2D eigenvalue weighted by atomic mass is 32.2. The average molecular weight is 384 g/mol. The van der Waals surface area contributed by atoms with Gasteiger partial charge in [0.25, 0.3) is 0 Å². The highest BCUT2D eigenvalue weighted by Gasteiger charge is 2.44. The Morgan fingerprint density at radius 2 is 1.92 bits per heavy atom. The molecule has 2 aliphatic heterocycles. The molecule has 2 aliphatic rings. The van der Waals surface area contributed by atoms with Crippen molar-refractivity contribution in [1.82, 2.24) is 4.90 Å². The van der Waals surface area contributed by atoms with Crippen molar-refractivity contribution >= 4 is 15.9 Å². The molecule has 2 fully saturated rings. The zero-order chi connectivity index (χ0) is 18.8. The fourth-order valence-electron chi connectivity index (χ4n) is 3.95. The van der Waals surface area contributed by atoms with Gasteiger partial charge in [-0.25, -0.2) is 17.9 Å². The van der Waals surface area contributed by atoms with Gasteiger partial charge < -0.3 is 9.64 Å². The maximum atomic E-state index is 13.4. The van der Waals surface area contributed by atoms with Crippen LogP contribution in [0.2, 0.25) is 0 Å². The number of carbonyl (C=O) groups excluding carboxylic acids is 1. The second kappa shape index (κ2) is 7.62. The van der Waals surface area contributed by atoms with Crippen molar-refractivity contribution in [1.29, 1.82) is 0 Å². The van der Waals surface area contributed by atoms with E-state index in [0.29, 0.717) is 51.9 Å². The Hall–Kier alpha value is -1.51. The molecule has 2 saturated heterocycles. The van der Waals surface area contributed by atoms with E-state index in [0.717, 1.165) is 5.56 Å². The molecule has 2 heterocycles. The topological polar surface area (TPSA) is 89.7 Å². The maximum Gasteiger partial charge on any atom is 0.229 e. The van der Waals surface area contributed by atoms with E-state index in [-0.39, 0.29) is 18.3 Å². The summed E-state index contributed by atoms with van der Waals surface area (Å²) in [6.45, 7) is 1.65. The third kappa shape index (κ3) is 4.24. The van der Waals surface area contributed by atoms with Gasteiger partial charge in [-0.05, 0) is 49.8 Å². The Morgan fingerprint density at radius 1 is 1.27 bits per heavy atom. The van der Waals surface area contributed by atoms with Gasteiger partial charge in [0, 0.05) is 26.3 Å². The number of amides is 1. The van der Waals surface area contributed by atoms with Crippen LogP contribution in [0.1, 0.15) is 31.2 Å². The second-order valence-corrected chi connectivity index (χ2v) is 9.15. The van der Waals surface area contributed by atoms with Crippen LogP contribution in [0.25, 0.3) is 0 Å². The molecule has 0 aliphatic carbocycles. The molecule has 1 unspecified atom stereocenters. The largest absolute Gasteiger partial charge is 0.381 e. The summed E-state index contributed by atoms with van der Waals surface area (Å²) < 4.78 is 42.1. The van der Waals surface area contributed by atoms with Gasteiger partial charge in [-0.3, -0.25) is 4.79 Å². The Kier molecular flexibility index (Phi) is 5.64. The maximum absolute atomic E-state index is 13.4. The summed E-state index contributed by atoms with van der Waals surface area (Å²) in [5, 5.41) is 4.59. The third-order valence-corrected chi connectivity index (χ3v) is 6.80. The fraction of sp³-hybridized carbons (Fsp3) is 0.611. The van der Waals surface area contributed by atoms with Crippen LogP contribution in [0.15, 0.2) is 24.3 Å². The number of halogens is 1. The first-order valence-electron chi connectivity index (χ1n) is 8.93. The van der Waals surface area contributed by atoms with Gasteiger partial charge >= 0.3 is 0 Å². The number of hydrogen-bond donors (Lipinski definition) is 1. The van der Waals surface area contributed by atoms with Gasteiger partial charge in [-0.1, -0.05) is 12.1 Å². The van der Waals surface area contributed by atoms with E-state index >= 15 is 0 Å². The molecule has 0 radical (unpaired) electrons.